The zero-order valence-corrected chi connectivity index (χ0v) is 12.3. The Hall–Kier alpha value is 0.0500. The third-order valence-corrected chi connectivity index (χ3v) is 7.52. The molecule has 3 heterocycles. The highest BCUT2D eigenvalue weighted by atomic mass is 79.9. The Kier molecular flexibility index (Phi) is 3.07. The summed E-state index contributed by atoms with van der Waals surface area (Å²) in [6.07, 6.45) is 0.976. The summed E-state index contributed by atoms with van der Waals surface area (Å²) in [5.74, 6) is 0.494. The van der Waals surface area contributed by atoms with Crippen molar-refractivity contribution in [1.29, 1.82) is 0 Å². The van der Waals surface area contributed by atoms with Crippen LogP contribution in [-0.2, 0) is 10.0 Å². The summed E-state index contributed by atoms with van der Waals surface area (Å²) in [5, 5.41) is 3.27. The van der Waals surface area contributed by atoms with Crippen molar-refractivity contribution in [1.82, 2.24) is 9.62 Å². The molecule has 1 aromatic heterocycles. The lowest BCUT2D eigenvalue weighted by molar-refractivity contribution is 0.384. The number of nitrogens with one attached hydrogen (secondary N) is 1. The summed E-state index contributed by atoms with van der Waals surface area (Å²) >= 11 is 4.60. The second-order valence-corrected chi connectivity index (χ2v) is 9.03. The Labute approximate surface area is 113 Å². The van der Waals surface area contributed by atoms with Crippen LogP contribution in [0.25, 0.3) is 0 Å². The predicted molar refractivity (Wildman–Crippen MR) is 70.7 cm³/mol. The Morgan fingerprint density at radius 1 is 1.41 bits per heavy atom. The quantitative estimate of drug-likeness (QED) is 0.890. The number of nitrogens with zero attached hydrogens (tertiary/aromatic N) is 1. The monoisotopic (exact) mass is 336 g/mol. The van der Waals surface area contributed by atoms with Gasteiger partial charge in [-0.3, -0.25) is 0 Å². The van der Waals surface area contributed by atoms with E-state index < -0.39 is 10.0 Å². The fourth-order valence-corrected chi connectivity index (χ4v) is 6.50. The fourth-order valence-electron chi connectivity index (χ4n) is 2.66. The normalized spacial score (nSPS) is 29.7. The molecule has 0 saturated carbocycles. The van der Waals surface area contributed by atoms with Gasteiger partial charge < -0.3 is 5.32 Å². The minimum absolute atomic E-state index is 0.154. The highest BCUT2D eigenvalue weighted by Crippen LogP contribution is 2.35. The van der Waals surface area contributed by atoms with E-state index in [2.05, 4.69) is 21.2 Å². The second kappa shape index (κ2) is 4.31. The summed E-state index contributed by atoms with van der Waals surface area (Å²) in [5.41, 5.74) is 0. The number of rotatable bonds is 2. The van der Waals surface area contributed by atoms with Gasteiger partial charge in [-0.25, -0.2) is 8.42 Å². The van der Waals surface area contributed by atoms with Crippen LogP contribution in [0.2, 0.25) is 0 Å². The summed E-state index contributed by atoms with van der Waals surface area (Å²) in [6, 6.07) is 3.62. The molecule has 0 aromatic carbocycles. The van der Waals surface area contributed by atoms with Crippen LogP contribution in [0.1, 0.15) is 6.42 Å². The van der Waals surface area contributed by atoms with E-state index in [0.717, 1.165) is 23.3 Å². The zero-order chi connectivity index (χ0) is 12.0. The molecule has 17 heavy (non-hydrogen) atoms. The summed E-state index contributed by atoms with van der Waals surface area (Å²) in [6.45, 7) is 2.40. The van der Waals surface area contributed by atoms with Crippen LogP contribution in [0.3, 0.4) is 0 Å². The van der Waals surface area contributed by atoms with E-state index in [1.807, 2.05) is 0 Å². The average Bonchev–Trinajstić information content (AvgIpc) is 2.89. The molecule has 0 amide bonds. The van der Waals surface area contributed by atoms with Gasteiger partial charge in [0, 0.05) is 19.1 Å². The smallest absolute Gasteiger partial charge is 0.252 e. The summed E-state index contributed by atoms with van der Waals surface area (Å²) in [4.78, 5) is 0. The molecule has 0 unspecified atom stereocenters. The summed E-state index contributed by atoms with van der Waals surface area (Å²) in [7, 11) is -3.29. The van der Waals surface area contributed by atoms with Crippen LogP contribution in [0.15, 0.2) is 20.1 Å². The number of fused-ring (bicyclic) bond motifs is 1. The molecule has 2 aliphatic rings. The van der Waals surface area contributed by atoms with Gasteiger partial charge in [0.25, 0.3) is 10.0 Å². The van der Waals surface area contributed by atoms with Gasteiger partial charge in [-0.15, -0.1) is 11.3 Å². The Morgan fingerprint density at radius 2 is 2.24 bits per heavy atom. The van der Waals surface area contributed by atoms with Crippen molar-refractivity contribution in [3.05, 3.63) is 15.9 Å². The fraction of sp³-hybridized carbons (Fsp3) is 0.600. The van der Waals surface area contributed by atoms with Crippen LogP contribution in [-0.4, -0.2) is 38.4 Å². The molecule has 0 radical (unpaired) electrons. The molecule has 4 nitrogen and oxygen atoms in total. The van der Waals surface area contributed by atoms with Crippen molar-refractivity contribution < 1.29 is 8.42 Å². The molecule has 3 rings (SSSR count). The molecule has 0 aliphatic carbocycles. The van der Waals surface area contributed by atoms with Gasteiger partial charge in [0.15, 0.2) is 0 Å². The van der Waals surface area contributed by atoms with E-state index >= 15 is 0 Å². The summed E-state index contributed by atoms with van der Waals surface area (Å²) < 4.78 is 27.9. The Morgan fingerprint density at radius 3 is 2.94 bits per heavy atom. The van der Waals surface area contributed by atoms with Gasteiger partial charge in [-0.05, 0) is 46.9 Å². The zero-order valence-electron chi connectivity index (χ0n) is 9.10. The van der Waals surface area contributed by atoms with Crippen LogP contribution in [0, 0.1) is 5.92 Å². The lowest BCUT2D eigenvalue weighted by Crippen LogP contribution is -2.38. The topological polar surface area (TPSA) is 49.4 Å². The van der Waals surface area contributed by atoms with Crippen molar-refractivity contribution in [2.24, 2.45) is 5.92 Å². The van der Waals surface area contributed by atoms with E-state index in [1.165, 1.54) is 11.3 Å². The SMILES string of the molecule is O=S(=O)(c1ccc(Br)s1)N1CC[C@H]2CNC[C@H]21. The molecule has 1 aromatic rings. The second-order valence-electron chi connectivity index (χ2n) is 4.45. The minimum atomic E-state index is -3.29. The first-order chi connectivity index (χ1) is 8.09. The number of hydrogen-bond donors (Lipinski definition) is 1. The van der Waals surface area contributed by atoms with Crippen molar-refractivity contribution in [3.8, 4) is 0 Å². The van der Waals surface area contributed by atoms with Crippen LogP contribution in [0.5, 0.6) is 0 Å². The lowest BCUT2D eigenvalue weighted by atomic mass is 10.1. The van der Waals surface area contributed by atoms with Crippen molar-refractivity contribution in [2.45, 2.75) is 16.7 Å². The van der Waals surface area contributed by atoms with E-state index in [4.69, 9.17) is 0 Å². The average molecular weight is 337 g/mol. The van der Waals surface area contributed by atoms with Crippen LogP contribution in [0.4, 0.5) is 0 Å². The number of halogens is 1. The van der Waals surface area contributed by atoms with Crippen molar-refractivity contribution in [3.63, 3.8) is 0 Å². The van der Waals surface area contributed by atoms with Crippen LogP contribution >= 0.6 is 27.3 Å². The van der Waals surface area contributed by atoms with Gasteiger partial charge in [0.1, 0.15) is 4.21 Å². The molecule has 2 saturated heterocycles. The molecule has 2 fully saturated rings. The number of thiophene rings is 1. The maximum absolute atomic E-state index is 12.5. The Balaban J connectivity index is 1.93. The molecule has 2 aliphatic heterocycles. The molecular formula is C10H13BrN2O2S2. The van der Waals surface area contributed by atoms with Crippen molar-refractivity contribution in [2.75, 3.05) is 19.6 Å². The van der Waals surface area contributed by atoms with Gasteiger partial charge in [-0.1, -0.05) is 0 Å². The van der Waals surface area contributed by atoms with E-state index in [1.54, 1.807) is 16.4 Å². The number of hydrogen-bond acceptors (Lipinski definition) is 4. The lowest BCUT2D eigenvalue weighted by Gasteiger charge is -2.21. The predicted octanol–water partition coefficient (Wildman–Crippen LogP) is 1.49. The molecule has 0 spiro atoms. The third-order valence-electron chi connectivity index (χ3n) is 3.51. The van der Waals surface area contributed by atoms with Gasteiger partial charge >= 0.3 is 0 Å². The van der Waals surface area contributed by atoms with E-state index in [-0.39, 0.29) is 6.04 Å². The minimum Gasteiger partial charge on any atom is -0.315 e. The third kappa shape index (κ3) is 1.98. The van der Waals surface area contributed by atoms with Crippen LogP contribution < -0.4 is 5.32 Å². The molecular weight excluding hydrogens is 324 g/mol. The van der Waals surface area contributed by atoms with E-state index in [0.29, 0.717) is 16.7 Å². The molecule has 2 atom stereocenters. The largest absolute Gasteiger partial charge is 0.315 e. The number of sulfonamides is 1. The molecule has 7 heteroatoms. The highest BCUT2D eigenvalue weighted by Gasteiger charge is 2.44. The first-order valence-corrected chi connectivity index (χ1v) is 8.62. The van der Waals surface area contributed by atoms with Gasteiger partial charge in [-0.2, -0.15) is 4.31 Å². The molecule has 0 bridgehead atoms. The Bertz CT molecular complexity index is 528. The maximum Gasteiger partial charge on any atom is 0.252 e. The van der Waals surface area contributed by atoms with Crippen molar-refractivity contribution >= 4 is 37.3 Å². The van der Waals surface area contributed by atoms with E-state index in [9.17, 15) is 8.42 Å². The first-order valence-electron chi connectivity index (χ1n) is 5.57. The van der Waals surface area contributed by atoms with Gasteiger partial charge in [0.05, 0.1) is 3.79 Å². The standard InChI is InChI=1S/C10H13BrN2O2S2/c11-9-1-2-10(16-9)17(14,15)13-4-3-7-5-12-6-8(7)13/h1-2,7-8,12H,3-6H2/t7-,8+/m0/s1. The first kappa shape index (κ1) is 12.1. The maximum atomic E-state index is 12.5. The molecule has 94 valence electrons. The molecule has 1 N–H and O–H groups in total. The highest BCUT2D eigenvalue weighted by molar-refractivity contribution is 9.11. The van der Waals surface area contributed by atoms with Gasteiger partial charge in [0.2, 0.25) is 0 Å².